The van der Waals surface area contributed by atoms with Crippen LogP contribution in [-0.4, -0.2) is 19.9 Å². The largest absolute Gasteiger partial charge is 0.493 e. The molecule has 1 aliphatic heterocycles. The van der Waals surface area contributed by atoms with Crippen molar-refractivity contribution in [2.75, 3.05) is 13.9 Å². The molecule has 5 nitrogen and oxygen atoms in total. The Hall–Kier alpha value is -2.69. The fraction of sp³-hybridized carbons (Fsp3) is 0.409. The highest BCUT2D eigenvalue weighted by atomic mass is 16.7. The molecule has 0 spiro atoms. The summed E-state index contributed by atoms with van der Waals surface area (Å²) in [7, 11) is 1.59. The van der Waals surface area contributed by atoms with Crippen molar-refractivity contribution in [3.8, 4) is 23.0 Å². The van der Waals surface area contributed by atoms with Crippen LogP contribution in [0.5, 0.6) is 23.0 Å². The molecule has 0 saturated carbocycles. The number of benzene rings is 2. The van der Waals surface area contributed by atoms with Crippen molar-refractivity contribution < 1.29 is 23.7 Å². The number of hydrogen-bond acceptors (Lipinski definition) is 5. The Morgan fingerprint density at radius 3 is 2.52 bits per heavy atom. The van der Waals surface area contributed by atoms with Gasteiger partial charge in [0.15, 0.2) is 23.0 Å². The van der Waals surface area contributed by atoms with Gasteiger partial charge in [-0.1, -0.05) is 19.9 Å². The van der Waals surface area contributed by atoms with E-state index in [1.54, 1.807) is 7.11 Å². The zero-order chi connectivity index (χ0) is 19.1. The molecule has 0 N–H and O–H groups in total. The average molecular weight is 368 g/mol. The number of carbonyl (C=O) groups excluding carboxylic acids is 1. The van der Waals surface area contributed by atoms with Gasteiger partial charge in [0.2, 0.25) is 6.79 Å². The van der Waals surface area contributed by atoms with E-state index >= 15 is 0 Å². The van der Waals surface area contributed by atoms with Crippen LogP contribution in [0.3, 0.4) is 0 Å². The summed E-state index contributed by atoms with van der Waals surface area (Å²) in [5, 5.41) is 0. The van der Waals surface area contributed by atoms with Crippen LogP contribution in [0.4, 0.5) is 0 Å². The molecule has 4 rings (SSSR count). The second-order valence-corrected chi connectivity index (χ2v) is 7.43. The van der Waals surface area contributed by atoms with E-state index in [0.29, 0.717) is 23.3 Å². The van der Waals surface area contributed by atoms with E-state index < -0.39 is 0 Å². The Labute approximate surface area is 159 Å². The first-order chi connectivity index (χ1) is 13.0. The Kier molecular flexibility index (Phi) is 4.46. The number of carbonyl (C=O) groups is 1. The van der Waals surface area contributed by atoms with E-state index in [1.807, 2.05) is 18.2 Å². The molecule has 0 saturated heterocycles. The minimum atomic E-state index is -0.362. The molecule has 1 heterocycles. The van der Waals surface area contributed by atoms with E-state index in [-0.39, 0.29) is 18.7 Å². The molecule has 0 fully saturated rings. The summed E-state index contributed by atoms with van der Waals surface area (Å²) in [6.07, 6.45) is 1.02. The van der Waals surface area contributed by atoms with Crippen molar-refractivity contribution in [2.24, 2.45) is 11.8 Å². The minimum Gasteiger partial charge on any atom is -0.493 e. The van der Waals surface area contributed by atoms with Crippen LogP contribution in [0.2, 0.25) is 0 Å². The Bertz CT molecular complexity index is 889. The third-order valence-electron chi connectivity index (χ3n) is 5.74. The van der Waals surface area contributed by atoms with Gasteiger partial charge in [-0.2, -0.15) is 0 Å². The molecule has 0 amide bonds. The molecule has 0 aromatic heterocycles. The summed E-state index contributed by atoms with van der Waals surface area (Å²) in [5.74, 6) is 3.47. The third-order valence-corrected chi connectivity index (χ3v) is 5.74. The molecule has 2 aromatic rings. The van der Waals surface area contributed by atoms with E-state index in [2.05, 4.69) is 26.0 Å². The first-order valence-electron chi connectivity index (χ1n) is 9.26. The average Bonchev–Trinajstić information content (AvgIpc) is 3.09. The zero-order valence-electron chi connectivity index (χ0n) is 16.1. The quantitative estimate of drug-likeness (QED) is 0.597. The number of hydrogen-bond donors (Lipinski definition) is 0. The number of rotatable bonds is 3. The zero-order valence-corrected chi connectivity index (χ0v) is 16.1. The highest BCUT2D eigenvalue weighted by molar-refractivity contribution is 5.70. The molecule has 3 unspecified atom stereocenters. The highest BCUT2D eigenvalue weighted by Crippen LogP contribution is 2.48. The molecule has 2 aliphatic rings. The monoisotopic (exact) mass is 368 g/mol. The van der Waals surface area contributed by atoms with Crippen LogP contribution < -0.4 is 18.9 Å². The van der Waals surface area contributed by atoms with Crippen LogP contribution in [0.25, 0.3) is 0 Å². The number of esters is 1. The van der Waals surface area contributed by atoms with Gasteiger partial charge in [-0.25, -0.2) is 0 Å². The topological polar surface area (TPSA) is 54.0 Å². The maximum Gasteiger partial charge on any atom is 0.308 e. The SMILES string of the molecule is COc1cc(C2c3cc4c(cc3CC(C)C2C)OCO4)ccc1OC(C)=O. The lowest BCUT2D eigenvalue weighted by Crippen LogP contribution is -2.26. The molecule has 1 aliphatic carbocycles. The lowest BCUT2D eigenvalue weighted by Gasteiger charge is -2.37. The van der Waals surface area contributed by atoms with Gasteiger partial charge in [-0.05, 0) is 59.2 Å². The molecule has 27 heavy (non-hydrogen) atoms. The second-order valence-electron chi connectivity index (χ2n) is 7.43. The van der Waals surface area contributed by atoms with Gasteiger partial charge in [0.1, 0.15) is 0 Å². The van der Waals surface area contributed by atoms with E-state index in [9.17, 15) is 4.79 Å². The lowest BCUT2D eigenvalue weighted by molar-refractivity contribution is -0.132. The van der Waals surface area contributed by atoms with E-state index in [0.717, 1.165) is 23.5 Å². The minimum absolute atomic E-state index is 0.207. The number of fused-ring (bicyclic) bond motifs is 2. The molecule has 0 radical (unpaired) electrons. The van der Waals surface area contributed by atoms with Crippen LogP contribution in [0.1, 0.15) is 43.4 Å². The number of methoxy groups -OCH3 is 1. The standard InChI is InChI=1S/C22H24O5/c1-12-7-16-9-20-21(26-11-25-20)10-17(16)22(13(12)2)15-5-6-18(27-14(3)23)19(8-15)24-4/h5-6,8-10,12-13,22H,7,11H2,1-4H3. The van der Waals surface area contributed by atoms with Gasteiger partial charge < -0.3 is 18.9 Å². The fourth-order valence-electron chi connectivity index (χ4n) is 4.21. The van der Waals surface area contributed by atoms with Gasteiger partial charge in [0.25, 0.3) is 0 Å². The highest BCUT2D eigenvalue weighted by Gasteiger charge is 2.35. The number of ether oxygens (including phenoxy) is 4. The summed E-state index contributed by atoms with van der Waals surface area (Å²) >= 11 is 0. The molecule has 2 aromatic carbocycles. The molecular formula is C22H24O5. The smallest absolute Gasteiger partial charge is 0.308 e. The van der Waals surface area contributed by atoms with Gasteiger partial charge >= 0.3 is 5.97 Å². The molecule has 3 atom stereocenters. The van der Waals surface area contributed by atoms with Crippen molar-refractivity contribution in [2.45, 2.75) is 33.1 Å². The Balaban J connectivity index is 1.80. The first-order valence-corrected chi connectivity index (χ1v) is 9.26. The summed E-state index contributed by atoms with van der Waals surface area (Å²) in [6, 6.07) is 10.1. The maximum atomic E-state index is 11.3. The Morgan fingerprint density at radius 2 is 1.81 bits per heavy atom. The summed E-state index contributed by atoms with van der Waals surface area (Å²) in [6.45, 7) is 6.24. The Morgan fingerprint density at radius 1 is 1.07 bits per heavy atom. The maximum absolute atomic E-state index is 11.3. The third kappa shape index (κ3) is 3.11. The molecule has 5 heteroatoms. The predicted octanol–water partition coefficient (Wildman–Crippen LogP) is 4.31. The fourth-order valence-corrected chi connectivity index (χ4v) is 4.21. The van der Waals surface area contributed by atoms with Crippen molar-refractivity contribution in [1.29, 1.82) is 0 Å². The van der Waals surface area contributed by atoms with Crippen LogP contribution >= 0.6 is 0 Å². The summed E-state index contributed by atoms with van der Waals surface area (Å²) in [5.41, 5.74) is 3.71. The summed E-state index contributed by atoms with van der Waals surface area (Å²) < 4.78 is 21.9. The lowest BCUT2D eigenvalue weighted by atomic mass is 9.68. The van der Waals surface area contributed by atoms with Gasteiger partial charge in [-0.3, -0.25) is 4.79 Å². The van der Waals surface area contributed by atoms with Crippen molar-refractivity contribution in [3.63, 3.8) is 0 Å². The molecule has 0 bridgehead atoms. The van der Waals surface area contributed by atoms with Crippen LogP contribution in [-0.2, 0) is 11.2 Å². The van der Waals surface area contributed by atoms with Gasteiger partial charge in [0.05, 0.1) is 7.11 Å². The molecular weight excluding hydrogens is 344 g/mol. The van der Waals surface area contributed by atoms with Crippen LogP contribution in [0, 0.1) is 11.8 Å². The molecule has 142 valence electrons. The van der Waals surface area contributed by atoms with Gasteiger partial charge in [-0.15, -0.1) is 0 Å². The summed E-state index contributed by atoms with van der Waals surface area (Å²) in [4.78, 5) is 11.3. The van der Waals surface area contributed by atoms with Gasteiger partial charge in [0, 0.05) is 12.8 Å². The van der Waals surface area contributed by atoms with Crippen molar-refractivity contribution in [3.05, 3.63) is 47.0 Å². The normalized spacial score (nSPS) is 22.9. The van der Waals surface area contributed by atoms with Crippen molar-refractivity contribution in [1.82, 2.24) is 0 Å². The van der Waals surface area contributed by atoms with Crippen molar-refractivity contribution >= 4 is 5.97 Å². The van der Waals surface area contributed by atoms with E-state index in [4.69, 9.17) is 18.9 Å². The first kappa shape index (κ1) is 17.7. The van der Waals surface area contributed by atoms with Crippen LogP contribution in [0.15, 0.2) is 30.3 Å². The second kappa shape index (κ2) is 6.80. The predicted molar refractivity (Wildman–Crippen MR) is 101 cm³/mol. The van der Waals surface area contributed by atoms with E-state index in [1.165, 1.54) is 18.1 Å².